The number of nitrogens with one attached hydrogen (secondary N) is 14. The predicted octanol–water partition coefficient (Wildman–Crippen LogP) is -3.16. The Kier molecular flexibility index (Phi) is 37.0. The van der Waals surface area contributed by atoms with E-state index >= 15 is 28.8 Å². The van der Waals surface area contributed by atoms with E-state index in [4.69, 9.17) is 33.4 Å². The SMILES string of the molecule is COc1ccc(C[C@H](NC(=O)[C@H]2NC(=O)[C@H](CCC(N)=O)NC(=O)[C@H](Cc3c[nH]c4ccccc34)NC(=O)[C@H]([C@@H](C)O)NC(=O)[C@H](CCC(N)=O)NC(=O)[C@@H](NC(C)=O)CCSC2(C)C)C(=O)N[C@@H](Cc2ccc3ccccc3c2)C(=O)N[C@@](C)(CCCCN)C(=O)N[C@@H](CCCCNC(C)=O)C(=O)N[C@@H](CC(N)=O)C(=O)NCC(N)=O)cc1. The Bertz CT molecular complexity index is 4480. The van der Waals surface area contributed by atoms with E-state index in [0.717, 1.165) is 36.4 Å². The number of carbonyl (C=O) groups is 17. The number of primary amides is 4. The minimum atomic E-state index is -2.00. The van der Waals surface area contributed by atoms with Crippen molar-refractivity contribution in [2.45, 2.75) is 215 Å². The molecule has 1 fully saturated rings. The number of methoxy groups -OCH3 is 1. The molecule has 0 aliphatic carbocycles. The van der Waals surface area contributed by atoms with Gasteiger partial charge < -0.3 is 113 Å². The topological polar surface area (TPSA) is 622 Å². The molecule has 0 bridgehead atoms. The summed E-state index contributed by atoms with van der Waals surface area (Å²) in [6.45, 7) is 7.53. The summed E-state index contributed by atoms with van der Waals surface area (Å²) in [4.78, 5) is 241. The zero-order valence-electron chi connectivity index (χ0n) is 67.6. The van der Waals surface area contributed by atoms with Crippen LogP contribution in [0.15, 0.2) is 97.2 Å². The molecule has 119 heavy (non-hydrogen) atoms. The number of para-hydroxylation sites is 1. The number of aromatic amines is 1. The second-order valence-corrected chi connectivity index (χ2v) is 31.7. The molecule has 6 rings (SSSR count). The normalized spacial score (nSPS) is 19.2. The molecule has 0 spiro atoms. The molecule has 5 aromatic rings. The van der Waals surface area contributed by atoms with E-state index in [9.17, 15) is 57.8 Å². The number of fused-ring (bicyclic) bond motifs is 2. The summed E-state index contributed by atoms with van der Waals surface area (Å²) in [5.41, 5.74) is 27.8. The zero-order valence-corrected chi connectivity index (χ0v) is 68.4. The highest BCUT2D eigenvalue weighted by Gasteiger charge is 2.44. The lowest BCUT2D eigenvalue weighted by molar-refractivity contribution is -0.138. The molecule has 0 radical (unpaired) electrons. The van der Waals surface area contributed by atoms with Gasteiger partial charge in [-0.3, -0.25) is 81.5 Å². The second-order valence-electron chi connectivity index (χ2n) is 30.0. The zero-order chi connectivity index (χ0) is 87.8. The molecular formula is C80H111N19O19S. The standard InChI is InChI=1S/C80H111N19O19S/c1-43(100)66-76(115)94-60(39-50-41-87-53-19-11-10-18-52(50)53)74(113)91-56(28-30-63(83)104)72(111)98-67(79(4,5)119-35-31-57(89-45(3)102)70(109)90-55(71(110)97-66)27-29-62(82)103)77(116)95-58(37-46-22-25-51(118-7)26-23-46)73(112)92-59(38-47-21-24-48-16-8-9-17-49(48)36-47)75(114)99-80(6,32-13-14-33-81)78(117)96-54(20-12-15-34-86-44(2)101)69(108)93-61(40-64(84)105)68(107)88-42-65(85)106/h8-11,16-19,21-26,36,41,43,54-61,66-67,87,100H,12-15,20,27-35,37-40,42,81H2,1-7H3,(H2,82,103)(H2,83,104)(H2,84,105)(H2,85,106)(H,86,101)(H,88,107)(H,89,102)(H,90,109)(H,91,113)(H,92,112)(H,93,108)(H,94,115)(H,95,116)(H,96,117)(H,97,110)(H,98,111)(H,99,114)/t43-,54+,55+,56+,57+,58+,59+,60+,61+,66+,67-,80+/m1/s1. The maximum atomic E-state index is 16.0. The molecule has 39 heteroatoms. The fourth-order valence-electron chi connectivity index (χ4n) is 13.2. The van der Waals surface area contributed by atoms with Gasteiger partial charge in [0.05, 0.1) is 26.2 Å². The number of carbonyl (C=O) groups excluding carboxylic acids is 17. The molecule has 0 saturated carbocycles. The highest BCUT2D eigenvalue weighted by Crippen LogP contribution is 2.31. The fourth-order valence-corrected chi connectivity index (χ4v) is 14.4. The molecule has 0 unspecified atom stereocenters. The van der Waals surface area contributed by atoms with Crippen LogP contribution in [0.4, 0.5) is 0 Å². The van der Waals surface area contributed by atoms with E-state index in [2.05, 4.69) is 74.1 Å². The van der Waals surface area contributed by atoms with Crippen molar-refractivity contribution in [2.75, 3.05) is 32.5 Å². The van der Waals surface area contributed by atoms with Gasteiger partial charge in [0.15, 0.2) is 0 Å². The maximum Gasteiger partial charge on any atom is 0.246 e. The van der Waals surface area contributed by atoms with E-state index in [0.29, 0.717) is 39.8 Å². The van der Waals surface area contributed by atoms with Crippen molar-refractivity contribution in [3.05, 3.63) is 114 Å². The Hall–Kier alpha value is -12.3. The van der Waals surface area contributed by atoms with E-state index in [1.165, 1.54) is 34.8 Å². The molecule has 1 aromatic heterocycles. The van der Waals surface area contributed by atoms with Crippen molar-refractivity contribution in [1.82, 2.24) is 74.1 Å². The molecule has 2 heterocycles. The van der Waals surface area contributed by atoms with Crippen LogP contribution < -0.4 is 103 Å². The number of hydrogen-bond acceptors (Lipinski definition) is 21. The largest absolute Gasteiger partial charge is 0.497 e. The summed E-state index contributed by atoms with van der Waals surface area (Å²) < 4.78 is 3.82. The van der Waals surface area contributed by atoms with Gasteiger partial charge in [-0.15, -0.1) is 0 Å². The average molecular weight is 1670 g/mol. The Morgan fingerprint density at radius 3 is 1.82 bits per heavy atom. The average Bonchev–Trinajstić information content (AvgIpc) is 1.78. The predicted molar refractivity (Wildman–Crippen MR) is 439 cm³/mol. The molecule has 17 amide bonds. The summed E-state index contributed by atoms with van der Waals surface area (Å²) in [5.74, 6) is -16.2. The number of thioether (sulfide) groups is 1. The summed E-state index contributed by atoms with van der Waals surface area (Å²) >= 11 is 0.959. The first-order chi connectivity index (χ1) is 56.3. The lowest BCUT2D eigenvalue weighted by Gasteiger charge is -2.36. The van der Waals surface area contributed by atoms with Crippen LogP contribution in [0.3, 0.4) is 0 Å². The third-order valence-electron chi connectivity index (χ3n) is 19.8. The number of benzene rings is 4. The van der Waals surface area contributed by atoms with Gasteiger partial charge in [-0.25, -0.2) is 0 Å². The van der Waals surface area contributed by atoms with Crippen molar-refractivity contribution < 1.29 is 91.4 Å². The van der Waals surface area contributed by atoms with Crippen LogP contribution >= 0.6 is 11.8 Å². The molecule has 4 aromatic carbocycles. The molecular weight excluding hydrogens is 1560 g/mol. The fraction of sp³-hybridized carbons (Fsp3) is 0.487. The minimum Gasteiger partial charge on any atom is -0.497 e. The van der Waals surface area contributed by atoms with E-state index in [-0.39, 0.29) is 82.5 Å². The van der Waals surface area contributed by atoms with Crippen LogP contribution in [0.1, 0.15) is 135 Å². The molecule has 25 N–H and O–H groups in total. The van der Waals surface area contributed by atoms with Crippen LogP contribution in [0.2, 0.25) is 0 Å². The first kappa shape index (κ1) is 95.6. The number of ether oxygens (including phenoxy) is 1. The smallest absolute Gasteiger partial charge is 0.246 e. The van der Waals surface area contributed by atoms with Crippen molar-refractivity contribution in [2.24, 2.45) is 28.7 Å². The van der Waals surface area contributed by atoms with Crippen LogP contribution in [0.5, 0.6) is 5.75 Å². The Labute approximate surface area is 691 Å². The van der Waals surface area contributed by atoms with Gasteiger partial charge in [0.25, 0.3) is 0 Å². The summed E-state index contributed by atoms with van der Waals surface area (Å²) in [6, 6.07) is 8.76. The van der Waals surface area contributed by atoms with Gasteiger partial charge in [0, 0.05) is 74.3 Å². The maximum absolute atomic E-state index is 16.0. The van der Waals surface area contributed by atoms with Crippen molar-refractivity contribution in [3.63, 3.8) is 0 Å². The summed E-state index contributed by atoms with van der Waals surface area (Å²) in [5, 5.41) is 47.1. The van der Waals surface area contributed by atoms with Crippen LogP contribution in [-0.4, -0.2) is 220 Å². The Morgan fingerprint density at radius 2 is 1.19 bits per heavy atom. The third kappa shape index (κ3) is 30.6. The third-order valence-corrected chi connectivity index (χ3v) is 21.2. The number of nitrogens with two attached hydrogens (primary N) is 5. The van der Waals surface area contributed by atoms with E-state index < -0.39 is 210 Å². The van der Waals surface area contributed by atoms with Crippen molar-refractivity contribution in [3.8, 4) is 5.75 Å². The van der Waals surface area contributed by atoms with Crippen LogP contribution in [-0.2, 0) is 101 Å². The number of aromatic nitrogens is 1. The van der Waals surface area contributed by atoms with Gasteiger partial charge in [-0.05, 0) is 143 Å². The van der Waals surface area contributed by atoms with Gasteiger partial charge >= 0.3 is 0 Å². The number of rotatable bonds is 39. The number of aliphatic hydroxyl groups is 1. The number of unbranched alkanes of at least 4 members (excludes halogenated alkanes) is 2. The monoisotopic (exact) mass is 1670 g/mol. The second kappa shape index (κ2) is 46.0. The Morgan fingerprint density at radius 1 is 0.605 bits per heavy atom. The van der Waals surface area contributed by atoms with Crippen molar-refractivity contribution in [1.29, 1.82) is 0 Å². The van der Waals surface area contributed by atoms with Gasteiger partial charge in [0.2, 0.25) is 100 Å². The summed E-state index contributed by atoms with van der Waals surface area (Å²) in [6.07, 6.45) is -3.68. The molecule has 1 aliphatic rings. The minimum absolute atomic E-state index is 0.127. The van der Waals surface area contributed by atoms with Crippen LogP contribution in [0.25, 0.3) is 21.7 Å². The number of H-pyrrole nitrogens is 1. The molecule has 1 saturated heterocycles. The molecule has 646 valence electrons. The molecule has 38 nitrogen and oxygen atoms in total. The first-order valence-electron chi connectivity index (χ1n) is 39.0. The van der Waals surface area contributed by atoms with Gasteiger partial charge in [-0.2, -0.15) is 11.8 Å². The highest BCUT2D eigenvalue weighted by molar-refractivity contribution is 8.00. The highest BCUT2D eigenvalue weighted by atomic mass is 32.2. The lowest BCUT2D eigenvalue weighted by Crippen LogP contribution is -2.65. The summed E-state index contributed by atoms with van der Waals surface area (Å²) in [7, 11) is 1.42. The van der Waals surface area contributed by atoms with E-state index in [1.54, 1.807) is 79.0 Å². The van der Waals surface area contributed by atoms with Crippen molar-refractivity contribution >= 4 is 134 Å². The number of hydrogen-bond donors (Lipinski definition) is 20. The van der Waals surface area contributed by atoms with Gasteiger partial charge in [0.1, 0.15) is 71.7 Å². The van der Waals surface area contributed by atoms with Gasteiger partial charge in [-0.1, -0.05) is 72.8 Å². The quantitative estimate of drug-likeness (QED) is 0.0173. The Balaban J connectivity index is 1.48. The molecule has 12 atom stereocenters. The number of amides is 17. The van der Waals surface area contributed by atoms with E-state index in [1.807, 2.05) is 18.2 Å². The first-order valence-corrected chi connectivity index (χ1v) is 39.9. The lowest BCUT2D eigenvalue weighted by atomic mass is 9.91. The molecule has 1 aliphatic heterocycles. The van der Waals surface area contributed by atoms with Crippen LogP contribution in [0, 0.1) is 0 Å². The number of aliphatic hydroxyl groups excluding tert-OH is 1.